The molecule has 3 aromatic heterocycles. The largest absolute Gasteiger partial charge is 0.379 e. The molecule has 3 rings (SSSR count). The lowest BCUT2D eigenvalue weighted by Crippen LogP contribution is -2.25. The number of hydrogen-bond acceptors (Lipinski definition) is 8. The fraction of sp³-hybridized carbons (Fsp3) is 0.400. The molecule has 0 radical (unpaired) electrons. The Balaban J connectivity index is 0.00000182. The summed E-state index contributed by atoms with van der Waals surface area (Å²) in [6.45, 7) is 3.67. The fourth-order valence-electron chi connectivity index (χ4n) is 2.66. The van der Waals surface area contributed by atoms with E-state index >= 15 is 0 Å². The Labute approximate surface area is 167 Å². The molecular formula is C15H22Cl2N8O2. The van der Waals surface area contributed by atoms with Crippen molar-refractivity contribution >= 4 is 47.6 Å². The van der Waals surface area contributed by atoms with Crippen molar-refractivity contribution in [2.45, 2.75) is 26.3 Å². The Kier molecular flexibility index (Phi) is 8.41. The molecule has 0 atom stereocenters. The number of rotatable bonds is 7. The highest BCUT2D eigenvalue weighted by atomic mass is 35.5. The van der Waals surface area contributed by atoms with E-state index in [0.29, 0.717) is 47.7 Å². The number of fused-ring (bicyclic) bond motifs is 1. The van der Waals surface area contributed by atoms with Crippen LogP contribution in [0.4, 0.5) is 5.82 Å². The first-order valence-corrected chi connectivity index (χ1v) is 8.08. The van der Waals surface area contributed by atoms with Crippen LogP contribution in [0.3, 0.4) is 0 Å². The highest BCUT2D eigenvalue weighted by Gasteiger charge is 2.22. The van der Waals surface area contributed by atoms with Crippen LogP contribution in [0.2, 0.25) is 0 Å². The maximum atomic E-state index is 12.6. The third-order valence-corrected chi connectivity index (χ3v) is 3.85. The molecule has 0 aliphatic rings. The van der Waals surface area contributed by atoms with Crippen LogP contribution in [0, 0.1) is 0 Å². The van der Waals surface area contributed by atoms with Crippen LogP contribution in [0.15, 0.2) is 17.0 Å². The molecule has 0 bridgehead atoms. The summed E-state index contributed by atoms with van der Waals surface area (Å²) in [5.41, 5.74) is 13.3. The van der Waals surface area contributed by atoms with Gasteiger partial charge in [0.25, 0.3) is 5.91 Å². The molecule has 0 fully saturated rings. The number of halogens is 2. The lowest BCUT2D eigenvalue weighted by atomic mass is 10.2. The second kappa shape index (κ2) is 10.0. The van der Waals surface area contributed by atoms with Crippen molar-refractivity contribution in [3.63, 3.8) is 0 Å². The molecule has 3 heterocycles. The fourth-order valence-corrected chi connectivity index (χ4v) is 2.66. The molecule has 3 aromatic rings. The molecule has 0 saturated carbocycles. The van der Waals surface area contributed by atoms with Crippen LogP contribution in [0.5, 0.6) is 0 Å². The molecular weight excluding hydrogens is 395 g/mol. The van der Waals surface area contributed by atoms with E-state index in [-0.39, 0.29) is 36.5 Å². The normalized spacial score (nSPS) is 10.3. The summed E-state index contributed by atoms with van der Waals surface area (Å²) in [5.74, 6) is 0.426. The Hall–Kier alpha value is -2.43. The number of imidazole rings is 1. The molecule has 10 nitrogen and oxygen atoms in total. The van der Waals surface area contributed by atoms with Gasteiger partial charge in [0.1, 0.15) is 5.52 Å². The number of unbranched alkanes of at least 4 members (excludes halogenated alkanes) is 1. The van der Waals surface area contributed by atoms with Gasteiger partial charge in [-0.15, -0.1) is 24.8 Å². The van der Waals surface area contributed by atoms with E-state index in [0.717, 1.165) is 12.8 Å². The second-order valence-corrected chi connectivity index (χ2v) is 5.48. The minimum Gasteiger partial charge on any atom is -0.379 e. The van der Waals surface area contributed by atoms with Crippen molar-refractivity contribution in [3.8, 4) is 11.5 Å². The predicted molar refractivity (Wildman–Crippen MR) is 106 cm³/mol. The van der Waals surface area contributed by atoms with Gasteiger partial charge in [0, 0.05) is 19.3 Å². The zero-order valence-electron chi connectivity index (χ0n) is 14.7. The molecule has 148 valence electrons. The van der Waals surface area contributed by atoms with Gasteiger partial charge in [0.2, 0.25) is 0 Å². The van der Waals surface area contributed by atoms with Crippen molar-refractivity contribution in [1.82, 2.24) is 30.2 Å². The molecule has 0 aliphatic heterocycles. The van der Waals surface area contributed by atoms with Crippen molar-refractivity contribution in [1.29, 1.82) is 0 Å². The van der Waals surface area contributed by atoms with E-state index in [4.69, 9.17) is 11.5 Å². The van der Waals surface area contributed by atoms with Gasteiger partial charge >= 0.3 is 0 Å². The number of carbonyl (C=O) groups excluding carboxylic acids is 1. The van der Waals surface area contributed by atoms with Crippen LogP contribution in [0.25, 0.3) is 22.6 Å². The highest BCUT2D eigenvalue weighted by molar-refractivity contribution is 6.05. The first-order chi connectivity index (χ1) is 12.2. The number of nitrogens with two attached hydrogens (primary N) is 2. The molecule has 0 unspecified atom stereocenters. The maximum Gasteiger partial charge on any atom is 0.255 e. The summed E-state index contributed by atoms with van der Waals surface area (Å²) < 4.78 is 6.51. The molecule has 0 aromatic carbocycles. The number of amides is 1. The molecule has 12 heteroatoms. The van der Waals surface area contributed by atoms with E-state index in [2.05, 4.69) is 30.2 Å². The zero-order valence-corrected chi connectivity index (χ0v) is 16.3. The van der Waals surface area contributed by atoms with Gasteiger partial charge < -0.3 is 21.4 Å². The van der Waals surface area contributed by atoms with E-state index in [1.165, 1.54) is 6.20 Å². The van der Waals surface area contributed by atoms with Crippen LogP contribution in [-0.2, 0) is 6.54 Å². The maximum absolute atomic E-state index is 12.6. The molecule has 5 N–H and O–H groups in total. The van der Waals surface area contributed by atoms with Crippen LogP contribution in [-0.4, -0.2) is 43.8 Å². The van der Waals surface area contributed by atoms with Crippen molar-refractivity contribution in [2.24, 2.45) is 5.73 Å². The average Bonchev–Trinajstić information content (AvgIpc) is 3.20. The van der Waals surface area contributed by atoms with Crippen molar-refractivity contribution < 1.29 is 9.42 Å². The first kappa shape index (κ1) is 22.6. The number of hydrogen-bond donors (Lipinski definition) is 3. The van der Waals surface area contributed by atoms with Crippen LogP contribution < -0.4 is 16.8 Å². The summed E-state index contributed by atoms with van der Waals surface area (Å²) in [4.78, 5) is 21.2. The van der Waals surface area contributed by atoms with Gasteiger partial charge in [-0.25, -0.2) is 9.61 Å². The zero-order chi connectivity index (χ0) is 17.8. The topological polar surface area (TPSA) is 151 Å². The van der Waals surface area contributed by atoms with Crippen LogP contribution in [0.1, 0.15) is 30.1 Å². The van der Waals surface area contributed by atoms with E-state index < -0.39 is 0 Å². The number of anilines is 1. The van der Waals surface area contributed by atoms with Gasteiger partial charge in [0.15, 0.2) is 17.3 Å². The number of nitrogen functional groups attached to an aromatic ring is 1. The molecule has 0 spiro atoms. The van der Waals surface area contributed by atoms with Gasteiger partial charge in [-0.2, -0.15) is 0 Å². The summed E-state index contributed by atoms with van der Waals surface area (Å²) in [6, 6.07) is 0. The minimum atomic E-state index is -0.206. The van der Waals surface area contributed by atoms with Crippen LogP contribution >= 0.6 is 24.8 Å². The standard InChI is InChI=1S/C15H20N8O2.2ClH/c1-2-23-12-9(15(24)19-6-4-3-5-16)7-18-8-10(12)20-14(23)11-13(17)22-25-21-11;;/h7-8H,2-6,16H2,1H3,(H2,17,22)(H,19,24);2*1H. The quantitative estimate of drug-likeness (QED) is 0.488. The van der Waals surface area contributed by atoms with Crippen molar-refractivity contribution in [3.05, 3.63) is 18.0 Å². The Morgan fingerprint density at radius 1 is 1.26 bits per heavy atom. The Morgan fingerprint density at radius 3 is 2.67 bits per heavy atom. The summed E-state index contributed by atoms with van der Waals surface area (Å²) in [7, 11) is 0. The van der Waals surface area contributed by atoms with Crippen molar-refractivity contribution in [2.75, 3.05) is 18.8 Å². The SMILES string of the molecule is CCn1c(-c2nonc2N)nc2cncc(C(=O)NCCCCN)c21.Cl.Cl. The monoisotopic (exact) mass is 416 g/mol. The lowest BCUT2D eigenvalue weighted by Gasteiger charge is -2.09. The highest BCUT2D eigenvalue weighted by Crippen LogP contribution is 2.27. The smallest absolute Gasteiger partial charge is 0.255 e. The number of aryl methyl sites for hydroxylation is 1. The number of pyridine rings is 1. The number of nitrogens with one attached hydrogen (secondary N) is 1. The molecule has 0 aliphatic carbocycles. The van der Waals surface area contributed by atoms with E-state index in [1.807, 2.05) is 11.5 Å². The average molecular weight is 417 g/mol. The molecule has 1 amide bonds. The Morgan fingerprint density at radius 2 is 2.04 bits per heavy atom. The Bertz CT molecular complexity index is 895. The first-order valence-electron chi connectivity index (χ1n) is 8.08. The van der Waals surface area contributed by atoms with Gasteiger partial charge in [0.05, 0.1) is 17.3 Å². The number of aromatic nitrogens is 5. The summed E-state index contributed by atoms with van der Waals surface area (Å²) in [6.07, 6.45) is 4.81. The predicted octanol–water partition coefficient (Wildman–Crippen LogP) is 1.40. The third kappa shape index (κ3) is 4.46. The minimum absolute atomic E-state index is 0. The number of nitrogens with zero attached hydrogens (tertiary/aromatic N) is 5. The van der Waals surface area contributed by atoms with E-state index in [1.54, 1.807) is 6.20 Å². The third-order valence-electron chi connectivity index (χ3n) is 3.85. The summed E-state index contributed by atoms with van der Waals surface area (Å²) in [5, 5.41) is 10.3. The van der Waals surface area contributed by atoms with Gasteiger partial charge in [-0.05, 0) is 36.6 Å². The molecule has 0 saturated heterocycles. The molecule has 27 heavy (non-hydrogen) atoms. The van der Waals surface area contributed by atoms with Gasteiger partial charge in [-0.1, -0.05) is 0 Å². The number of carbonyl (C=O) groups is 1. The second-order valence-electron chi connectivity index (χ2n) is 5.48. The lowest BCUT2D eigenvalue weighted by molar-refractivity contribution is 0.0954. The van der Waals surface area contributed by atoms with E-state index in [9.17, 15) is 4.79 Å². The van der Waals surface area contributed by atoms with Gasteiger partial charge in [-0.3, -0.25) is 9.78 Å². The summed E-state index contributed by atoms with van der Waals surface area (Å²) >= 11 is 0.